The standard InChI is InChI=1S/C13H22N2O3S/c1-10(2)18-8-9-19(16,17)15-11(3)12-6-4-5-7-13(12)14/h4-7,10-11,15H,8-9,14H2,1-3H3. The molecule has 0 heterocycles. The Morgan fingerprint density at radius 1 is 1.26 bits per heavy atom. The number of nitrogens with one attached hydrogen (secondary N) is 1. The first-order valence-corrected chi connectivity index (χ1v) is 7.93. The smallest absolute Gasteiger partial charge is 0.214 e. The van der Waals surface area contributed by atoms with Crippen molar-refractivity contribution in [2.75, 3.05) is 18.1 Å². The van der Waals surface area contributed by atoms with E-state index in [9.17, 15) is 8.42 Å². The average molecular weight is 286 g/mol. The van der Waals surface area contributed by atoms with Gasteiger partial charge in [-0.2, -0.15) is 0 Å². The van der Waals surface area contributed by atoms with Crippen molar-refractivity contribution in [1.29, 1.82) is 0 Å². The van der Waals surface area contributed by atoms with Crippen LogP contribution in [-0.4, -0.2) is 26.9 Å². The summed E-state index contributed by atoms with van der Waals surface area (Å²) in [5, 5.41) is 0. The van der Waals surface area contributed by atoms with E-state index in [0.717, 1.165) is 5.56 Å². The lowest BCUT2D eigenvalue weighted by Gasteiger charge is -2.16. The predicted octanol–water partition coefficient (Wildman–Crippen LogP) is 1.67. The average Bonchev–Trinajstić information content (AvgIpc) is 2.27. The Kier molecular flexibility index (Phi) is 5.78. The Balaban J connectivity index is 2.61. The lowest BCUT2D eigenvalue weighted by Crippen LogP contribution is -2.31. The molecule has 19 heavy (non-hydrogen) atoms. The number of hydrogen-bond acceptors (Lipinski definition) is 4. The molecule has 0 bridgehead atoms. The molecular weight excluding hydrogens is 264 g/mol. The second-order valence-electron chi connectivity index (χ2n) is 4.71. The third-order valence-corrected chi connectivity index (χ3v) is 4.04. The van der Waals surface area contributed by atoms with Crippen LogP contribution in [0.4, 0.5) is 5.69 Å². The Bertz CT molecular complexity index is 500. The first kappa shape index (κ1) is 15.9. The molecule has 3 N–H and O–H groups in total. The Hall–Kier alpha value is -1.11. The molecule has 0 aliphatic rings. The molecule has 1 unspecified atom stereocenters. The van der Waals surface area contributed by atoms with E-state index in [1.165, 1.54) is 0 Å². The van der Waals surface area contributed by atoms with Gasteiger partial charge in [-0.3, -0.25) is 0 Å². The SMILES string of the molecule is CC(C)OCCS(=O)(=O)NC(C)c1ccccc1N. The van der Waals surface area contributed by atoms with Crippen molar-refractivity contribution in [2.24, 2.45) is 0 Å². The van der Waals surface area contributed by atoms with Crippen LogP contribution in [0.3, 0.4) is 0 Å². The van der Waals surface area contributed by atoms with Crippen LogP contribution in [0.15, 0.2) is 24.3 Å². The minimum absolute atomic E-state index is 0.0254. The number of nitrogen functional groups attached to an aromatic ring is 1. The van der Waals surface area contributed by atoms with Crippen molar-refractivity contribution in [3.8, 4) is 0 Å². The number of para-hydroxylation sites is 1. The van der Waals surface area contributed by atoms with Gasteiger partial charge in [0.25, 0.3) is 0 Å². The predicted molar refractivity (Wildman–Crippen MR) is 77.3 cm³/mol. The van der Waals surface area contributed by atoms with Gasteiger partial charge in [0.1, 0.15) is 0 Å². The second-order valence-corrected chi connectivity index (χ2v) is 6.58. The van der Waals surface area contributed by atoms with Gasteiger partial charge >= 0.3 is 0 Å². The molecule has 0 fully saturated rings. The van der Waals surface area contributed by atoms with E-state index >= 15 is 0 Å². The van der Waals surface area contributed by atoms with E-state index in [-0.39, 0.29) is 24.5 Å². The zero-order chi connectivity index (χ0) is 14.5. The van der Waals surface area contributed by atoms with Crippen LogP contribution in [0.2, 0.25) is 0 Å². The fraction of sp³-hybridized carbons (Fsp3) is 0.538. The van der Waals surface area contributed by atoms with Crippen LogP contribution >= 0.6 is 0 Å². The fourth-order valence-electron chi connectivity index (χ4n) is 1.69. The highest BCUT2D eigenvalue weighted by molar-refractivity contribution is 7.89. The largest absolute Gasteiger partial charge is 0.398 e. The molecule has 1 aromatic carbocycles. The van der Waals surface area contributed by atoms with Gasteiger partial charge in [-0.15, -0.1) is 0 Å². The molecule has 0 spiro atoms. The summed E-state index contributed by atoms with van der Waals surface area (Å²) in [7, 11) is -3.37. The first-order chi connectivity index (χ1) is 8.82. The van der Waals surface area contributed by atoms with Crippen LogP contribution in [0.25, 0.3) is 0 Å². The van der Waals surface area contributed by atoms with Crippen molar-refractivity contribution >= 4 is 15.7 Å². The molecule has 0 saturated heterocycles. The molecule has 0 amide bonds. The third kappa shape index (κ3) is 5.59. The van der Waals surface area contributed by atoms with Gasteiger partial charge < -0.3 is 10.5 Å². The molecule has 108 valence electrons. The summed E-state index contributed by atoms with van der Waals surface area (Å²) in [6, 6.07) is 6.86. The van der Waals surface area contributed by atoms with E-state index in [1.54, 1.807) is 13.0 Å². The van der Waals surface area contributed by atoms with Gasteiger partial charge in [-0.1, -0.05) is 18.2 Å². The normalized spacial score (nSPS) is 13.7. The molecule has 1 rings (SSSR count). The summed E-state index contributed by atoms with van der Waals surface area (Å²) in [6.45, 7) is 5.69. The topological polar surface area (TPSA) is 81.4 Å². The van der Waals surface area contributed by atoms with Gasteiger partial charge in [-0.05, 0) is 32.4 Å². The van der Waals surface area contributed by atoms with E-state index in [1.807, 2.05) is 32.0 Å². The van der Waals surface area contributed by atoms with Crippen LogP contribution < -0.4 is 10.5 Å². The van der Waals surface area contributed by atoms with Crippen molar-refractivity contribution in [1.82, 2.24) is 4.72 Å². The minimum Gasteiger partial charge on any atom is -0.398 e. The third-order valence-electron chi connectivity index (χ3n) is 2.62. The zero-order valence-electron chi connectivity index (χ0n) is 11.6. The molecule has 5 nitrogen and oxygen atoms in total. The molecule has 1 atom stereocenters. The molecule has 1 aromatic rings. The van der Waals surface area contributed by atoms with E-state index in [4.69, 9.17) is 10.5 Å². The van der Waals surface area contributed by atoms with Gasteiger partial charge in [0.15, 0.2) is 0 Å². The molecule has 0 saturated carbocycles. The summed E-state index contributed by atoms with van der Waals surface area (Å²) in [5.41, 5.74) is 7.17. The summed E-state index contributed by atoms with van der Waals surface area (Å²) >= 11 is 0. The Morgan fingerprint density at radius 3 is 2.47 bits per heavy atom. The number of hydrogen-bond donors (Lipinski definition) is 2. The zero-order valence-corrected chi connectivity index (χ0v) is 12.4. The summed E-state index contributed by atoms with van der Waals surface area (Å²) in [4.78, 5) is 0. The van der Waals surface area contributed by atoms with Crippen molar-refractivity contribution < 1.29 is 13.2 Å². The molecule has 0 radical (unpaired) electrons. The van der Waals surface area contributed by atoms with Crippen molar-refractivity contribution in [3.63, 3.8) is 0 Å². The molecule has 0 aliphatic carbocycles. The first-order valence-electron chi connectivity index (χ1n) is 6.28. The Labute approximate surface area is 115 Å². The molecule has 0 aliphatic heterocycles. The fourth-order valence-corrected chi connectivity index (χ4v) is 2.79. The summed E-state index contributed by atoms with van der Waals surface area (Å²) in [6.07, 6.45) is 0.0254. The van der Waals surface area contributed by atoms with Gasteiger partial charge in [0, 0.05) is 11.7 Å². The van der Waals surface area contributed by atoms with E-state index in [0.29, 0.717) is 5.69 Å². The number of sulfonamides is 1. The van der Waals surface area contributed by atoms with Crippen LogP contribution in [-0.2, 0) is 14.8 Å². The van der Waals surface area contributed by atoms with Crippen molar-refractivity contribution in [3.05, 3.63) is 29.8 Å². The van der Waals surface area contributed by atoms with Crippen LogP contribution in [0, 0.1) is 0 Å². The quantitative estimate of drug-likeness (QED) is 0.747. The maximum atomic E-state index is 11.9. The highest BCUT2D eigenvalue weighted by Gasteiger charge is 2.17. The summed E-state index contributed by atoms with van der Waals surface area (Å²) in [5.74, 6) is -0.0533. The lowest BCUT2D eigenvalue weighted by molar-refractivity contribution is 0.0911. The van der Waals surface area contributed by atoms with Crippen LogP contribution in [0.5, 0.6) is 0 Å². The van der Waals surface area contributed by atoms with Crippen molar-refractivity contribution in [2.45, 2.75) is 32.9 Å². The maximum absolute atomic E-state index is 11.9. The number of ether oxygens (including phenoxy) is 1. The monoisotopic (exact) mass is 286 g/mol. The van der Waals surface area contributed by atoms with Gasteiger partial charge in [-0.25, -0.2) is 13.1 Å². The number of benzene rings is 1. The van der Waals surface area contributed by atoms with Gasteiger partial charge in [0.05, 0.1) is 18.5 Å². The van der Waals surface area contributed by atoms with E-state index in [2.05, 4.69) is 4.72 Å². The minimum atomic E-state index is -3.37. The lowest BCUT2D eigenvalue weighted by atomic mass is 10.1. The maximum Gasteiger partial charge on any atom is 0.214 e. The number of anilines is 1. The van der Waals surface area contributed by atoms with Crippen LogP contribution in [0.1, 0.15) is 32.4 Å². The summed E-state index contributed by atoms with van der Waals surface area (Å²) < 4.78 is 31.6. The van der Waals surface area contributed by atoms with Gasteiger partial charge in [0.2, 0.25) is 10.0 Å². The highest BCUT2D eigenvalue weighted by Crippen LogP contribution is 2.19. The molecule has 6 heteroatoms. The second kappa shape index (κ2) is 6.88. The molecule has 0 aromatic heterocycles. The molecular formula is C13H22N2O3S. The number of rotatable bonds is 7. The van der Waals surface area contributed by atoms with E-state index < -0.39 is 10.0 Å². The number of nitrogens with two attached hydrogens (primary N) is 1. The highest BCUT2D eigenvalue weighted by atomic mass is 32.2. The Morgan fingerprint density at radius 2 is 1.89 bits per heavy atom.